The van der Waals surface area contributed by atoms with E-state index in [-0.39, 0.29) is 6.04 Å². The van der Waals surface area contributed by atoms with Gasteiger partial charge in [0.05, 0.1) is 17.1 Å². The normalized spacial score (nSPS) is 12.0. The number of hydrogen-bond acceptors (Lipinski definition) is 3. The Balaban J connectivity index is 2.43. The number of nitrogens with one attached hydrogen (secondary N) is 1. The van der Waals surface area contributed by atoms with Crippen LogP contribution in [-0.4, -0.2) is 14.2 Å². The Bertz CT molecular complexity index is 632. The Hall–Kier alpha value is -1.04. The molecule has 0 aromatic heterocycles. The number of rotatable bonds is 5. The monoisotopic (exact) mass is 413 g/mol. The first-order valence-electron chi connectivity index (χ1n) is 6.54. The maximum absolute atomic E-state index is 6.07. The predicted molar refractivity (Wildman–Crippen MR) is 92.4 cm³/mol. The Morgan fingerprint density at radius 1 is 1.05 bits per heavy atom. The molecule has 0 spiro atoms. The lowest BCUT2D eigenvalue weighted by Gasteiger charge is -2.19. The highest BCUT2D eigenvalue weighted by Gasteiger charge is 2.17. The van der Waals surface area contributed by atoms with Gasteiger partial charge in [0.25, 0.3) is 0 Å². The molecule has 112 valence electrons. The summed E-state index contributed by atoms with van der Waals surface area (Å²) in [4.78, 5) is 0. The summed E-state index contributed by atoms with van der Waals surface area (Å²) in [6.07, 6.45) is 0. The zero-order valence-electron chi connectivity index (χ0n) is 12.1. The lowest BCUT2D eigenvalue weighted by Crippen LogP contribution is -2.14. The van der Waals surface area contributed by atoms with Crippen molar-refractivity contribution in [1.29, 1.82) is 0 Å². The summed E-state index contributed by atoms with van der Waals surface area (Å²) in [5.41, 5.74) is 0.998. The van der Waals surface area contributed by atoms with Crippen molar-refractivity contribution >= 4 is 31.9 Å². The van der Waals surface area contributed by atoms with Gasteiger partial charge >= 0.3 is 0 Å². The van der Waals surface area contributed by atoms with E-state index in [9.17, 15) is 0 Å². The molecule has 5 heteroatoms. The van der Waals surface area contributed by atoms with Gasteiger partial charge in [0.1, 0.15) is 17.2 Å². The summed E-state index contributed by atoms with van der Waals surface area (Å²) >= 11 is 6.95. The molecule has 0 saturated carbocycles. The Labute approximate surface area is 141 Å². The minimum Gasteiger partial charge on any atom is -0.496 e. The van der Waals surface area contributed by atoms with Gasteiger partial charge in [-0.2, -0.15) is 0 Å². The largest absolute Gasteiger partial charge is 0.496 e. The quantitative estimate of drug-likeness (QED) is 0.720. The Morgan fingerprint density at radius 2 is 1.76 bits per heavy atom. The molecular formula is C16H17Br2NO2. The maximum Gasteiger partial charge on any atom is 0.141 e. The lowest BCUT2D eigenvalue weighted by atomic mass is 10.1. The summed E-state index contributed by atoms with van der Waals surface area (Å²) in [6.45, 7) is 2.07. The van der Waals surface area contributed by atoms with E-state index in [0.29, 0.717) is 0 Å². The van der Waals surface area contributed by atoms with Crippen LogP contribution in [0.2, 0.25) is 0 Å². The first-order chi connectivity index (χ1) is 10.1. The highest BCUT2D eigenvalue weighted by Crippen LogP contribution is 2.39. The molecule has 1 N–H and O–H groups in total. The van der Waals surface area contributed by atoms with Gasteiger partial charge in [0.2, 0.25) is 0 Å². The third-order valence-corrected chi connectivity index (χ3v) is 4.34. The summed E-state index contributed by atoms with van der Waals surface area (Å²) in [5, 5.41) is 3.23. The SMILES string of the molecule is CNC(C)c1c(OC)cccc1Oc1ccc(Br)cc1Br. The standard InChI is InChI=1S/C16H17Br2NO2/c1-10(19-2)16-14(20-3)5-4-6-15(16)21-13-8-7-11(17)9-12(13)18/h4-10,19H,1-3H3. The zero-order valence-corrected chi connectivity index (χ0v) is 15.3. The molecule has 2 rings (SSSR count). The van der Waals surface area contributed by atoms with Crippen LogP contribution in [0.5, 0.6) is 17.2 Å². The molecule has 0 radical (unpaired) electrons. The van der Waals surface area contributed by atoms with Gasteiger partial charge in [-0.3, -0.25) is 0 Å². The number of ether oxygens (including phenoxy) is 2. The average molecular weight is 415 g/mol. The molecule has 0 fully saturated rings. The molecule has 0 saturated heterocycles. The third kappa shape index (κ3) is 3.78. The van der Waals surface area contributed by atoms with E-state index < -0.39 is 0 Å². The molecule has 2 aromatic carbocycles. The highest BCUT2D eigenvalue weighted by molar-refractivity contribution is 9.11. The molecule has 1 unspecified atom stereocenters. The number of halogens is 2. The van der Waals surface area contributed by atoms with Crippen LogP contribution in [0.3, 0.4) is 0 Å². The van der Waals surface area contributed by atoms with Crippen LogP contribution >= 0.6 is 31.9 Å². The molecule has 0 bridgehead atoms. The number of benzene rings is 2. The fourth-order valence-electron chi connectivity index (χ4n) is 2.04. The van der Waals surface area contributed by atoms with E-state index in [2.05, 4.69) is 44.1 Å². The molecule has 2 aromatic rings. The van der Waals surface area contributed by atoms with Crippen molar-refractivity contribution in [1.82, 2.24) is 5.32 Å². The van der Waals surface area contributed by atoms with Gasteiger partial charge in [-0.15, -0.1) is 0 Å². The molecule has 0 aliphatic rings. The van der Waals surface area contributed by atoms with Gasteiger partial charge in [0.15, 0.2) is 0 Å². The van der Waals surface area contributed by atoms with Gasteiger partial charge in [-0.25, -0.2) is 0 Å². The van der Waals surface area contributed by atoms with Crippen molar-refractivity contribution in [2.75, 3.05) is 14.2 Å². The molecule has 0 aliphatic heterocycles. The molecule has 0 amide bonds. The van der Waals surface area contributed by atoms with E-state index in [1.54, 1.807) is 7.11 Å². The molecule has 0 heterocycles. The van der Waals surface area contributed by atoms with Crippen LogP contribution in [0, 0.1) is 0 Å². The van der Waals surface area contributed by atoms with Crippen molar-refractivity contribution in [2.24, 2.45) is 0 Å². The highest BCUT2D eigenvalue weighted by atomic mass is 79.9. The topological polar surface area (TPSA) is 30.5 Å². The smallest absolute Gasteiger partial charge is 0.141 e. The van der Waals surface area contributed by atoms with Gasteiger partial charge < -0.3 is 14.8 Å². The molecule has 0 aliphatic carbocycles. The van der Waals surface area contributed by atoms with Crippen molar-refractivity contribution in [3.8, 4) is 17.2 Å². The maximum atomic E-state index is 6.07. The fourth-order valence-corrected chi connectivity index (χ4v) is 3.17. The Morgan fingerprint density at radius 3 is 2.38 bits per heavy atom. The van der Waals surface area contributed by atoms with Gasteiger partial charge in [-0.1, -0.05) is 22.0 Å². The van der Waals surface area contributed by atoms with Crippen LogP contribution in [0.1, 0.15) is 18.5 Å². The van der Waals surface area contributed by atoms with Crippen molar-refractivity contribution in [3.63, 3.8) is 0 Å². The van der Waals surface area contributed by atoms with E-state index in [1.807, 2.05) is 43.4 Å². The predicted octanol–water partition coefficient (Wildman–Crippen LogP) is 5.29. The first-order valence-corrected chi connectivity index (χ1v) is 8.12. The second kappa shape index (κ2) is 7.29. The van der Waals surface area contributed by atoms with Crippen molar-refractivity contribution in [3.05, 3.63) is 50.9 Å². The van der Waals surface area contributed by atoms with Crippen LogP contribution in [0.25, 0.3) is 0 Å². The van der Waals surface area contributed by atoms with E-state index >= 15 is 0 Å². The summed E-state index contributed by atoms with van der Waals surface area (Å²) in [5.74, 6) is 2.35. The van der Waals surface area contributed by atoms with Gasteiger partial charge in [-0.05, 0) is 60.2 Å². The lowest BCUT2D eigenvalue weighted by molar-refractivity contribution is 0.393. The van der Waals surface area contributed by atoms with Gasteiger partial charge in [0, 0.05) is 10.5 Å². The molecule has 21 heavy (non-hydrogen) atoms. The summed E-state index contributed by atoms with van der Waals surface area (Å²) < 4.78 is 13.4. The molecule has 3 nitrogen and oxygen atoms in total. The minimum absolute atomic E-state index is 0.116. The van der Waals surface area contributed by atoms with Crippen LogP contribution < -0.4 is 14.8 Å². The third-order valence-electron chi connectivity index (χ3n) is 3.23. The van der Waals surface area contributed by atoms with E-state index in [1.165, 1.54) is 0 Å². The van der Waals surface area contributed by atoms with E-state index in [0.717, 1.165) is 31.8 Å². The first kappa shape index (κ1) is 16.3. The Kier molecular flexibility index (Phi) is 5.67. The van der Waals surface area contributed by atoms with Crippen LogP contribution in [0.4, 0.5) is 0 Å². The minimum atomic E-state index is 0.116. The number of hydrogen-bond donors (Lipinski definition) is 1. The molecular weight excluding hydrogens is 398 g/mol. The van der Waals surface area contributed by atoms with Crippen molar-refractivity contribution < 1.29 is 9.47 Å². The van der Waals surface area contributed by atoms with Crippen LogP contribution in [0.15, 0.2) is 45.3 Å². The fraction of sp³-hybridized carbons (Fsp3) is 0.250. The second-order valence-corrected chi connectivity index (χ2v) is 6.33. The summed E-state index contributed by atoms with van der Waals surface area (Å²) in [7, 11) is 3.58. The summed E-state index contributed by atoms with van der Waals surface area (Å²) in [6, 6.07) is 11.7. The molecule has 1 atom stereocenters. The van der Waals surface area contributed by atoms with E-state index in [4.69, 9.17) is 9.47 Å². The average Bonchev–Trinajstić information content (AvgIpc) is 2.49. The zero-order chi connectivity index (χ0) is 15.4. The number of methoxy groups -OCH3 is 1. The van der Waals surface area contributed by atoms with Crippen molar-refractivity contribution in [2.45, 2.75) is 13.0 Å². The van der Waals surface area contributed by atoms with Crippen LogP contribution in [-0.2, 0) is 0 Å². The second-order valence-electron chi connectivity index (χ2n) is 4.56.